The normalized spacial score (nSPS) is 12.2. The van der Waals surface area contributed by atoms with Crippen LogP contribution in [0.3, 0.4) is 0 Å². The molecule has 0 aromatic carbocycles. The highest BCUT2D eigenvalue weighted by Crippen LogP contribution is 1.93. The summed E-state index contributed by atoms with van der Waals surface area (Å²) in [5.41, 5.74) is 0. The molecule has 0 aromatic rings. The van der Waals surface area contributed by atoms with Crippen LogP contribution in [0.25, 0.3) is 0 Å². The minimum Gasteiger partial charge on any atom is -0.355 e. The van der Waals surface area contributed by atoms with Crippen LogP contribution in [0.15, 0.2) is 0 Å². The molecule has 0 aliphatic carbocycles. The highest BCUT2D eigenvalue weighted by molar-refractivity contribution is 14.1. The van der Waals surface area contributed by atoms with Gasteiger partial charge in [-0.15, -0.1) is 0 Å². The maximum atomic E-state index is 10.3. The van der Waals surface area contributed by atoms with Crippen LogP contribution < -0.4 is 5.32 Å². The van der Waals surface area contributed by atoms with E-state index >= 15 is 0 Å². The van der Waals surface area contributed by atoms with Crippen LogP contribution in [0.5, 0.6) is 0 Å². The number of amides is 1. The van der Waals surface area contributed by atoms with E-state index in [0.29, 0.717) is 6.54 Å². The van der Waals surface area contributed by atoms with Crippen LogP contribution in [0.4, 0.5) is 0 Å². The molecule has 0 heterocycles. The predicted molar refractivity (Wildman–Crippen MR) is 49.1 cm³/mol. The van der Waals surface area contributed by atoms with Gasteiger partial charge in [0.05, 0.1) is 3.92 Å². The Bertz CT molecular complexity index is 118. The Hall–Kier alpha value is 0.290. The molecule has 1 atom stereocenters. The first-order valence-corrected chi connectivity index (χ1v) is 4.08. The van der Waals surface area contributed by atoms with Gasteiger partial charge in [0.25, 0.3) is 0 Å². The van der Waals surface area contributed by atoms with Crippen molar-refractivity contribution in [3.63, 3.8) is 0 Å². The summed E-state index contributed by atoms with van der Waals surface area (Å²) >= 11 is 6.63. The van der Waals surface area contributed by atoms with Gasteiger partial charge in [-0.1, -0.05) is 34.8 Å². The summed E-state index contributed by atoms with van der Waals surface area (Å²) in [4.78, 5) is 10.3. The average Bonchev–Trinajstić information content (AvgIpc) is 1.83. The van der Waals surface area contributed by atoms with Crippen LogP contribution in [0.2, 0.25) is 0 Å². The van der Waals surface area contributed by atoms with E-state index in [4.69, 9.17) is 0 Å². The van der Waals surface area contributed by atoms with Gasteiger partial charge in [0.15, 0.2) is 0 Å². The Labute approximate surface area is 73.5 Å². The Morgan fingerprint density at radius 2 is 2.56 bits per heavy atom. The topological polar surface area (TPSA) is 29.1 Å². The Morgan fingerprint density at radius 3 is 2.89 bits per heavy atom. The first kappa shape index (κ1) is 9.29. The Balaban J connectivity index is 3.26. The molecule has 9 heavy (non-hydrogen) atoms. The minimum atomic E-state index is -0.0260. The third-order valence-corrected chi connectivity index (χ3v) is 2.12. The van der Waals surface area contributed by atoms with Crippen LogP contribution >= 0.6 is 34.8 Å². The van der Waals surface area contributed by atoms with Crippen LogP contribution in [-0.4, -0.2) is 21.7 Å². The molecule has 4 heteroatoms. The van der Waals surface area contributed by atoms with Gasteiger partial charge in [-0.2, -0.15) is 0 Å². The minimum absolute atomic E-state index is 0.0260. The fraction of sp³-hybridized carbons (Fsp3) is 0.600. The number of carbonyl (C=O) groups is 1. The van der Waals surface area contributed by atoms with Gasteiger partial charge in [-0.25, -0.2) is 0 Å². The maximum Gasteiger partial charge on any atom is 0.216 e. The van der Waals surface area contributed by atoms with E-state index in [9.17, 15) is 4.79 Å². The first-order valence-electron chi connectivity index (χ1n) is 2.43. The lowest BCUT2D eigenvalue weighted by molar-refractivity contribution is -0.118. The third kappa shape index (κ3) is 6.17. The second kappa shape index (κ2) is 5.10. The van der Waals surface area contributed by atoms with E-state index in [1.165, 1.54) is 6.92 Å². The van der Waals surface area contributed by atoms with Gasteiger partial charge in [0, 0.05) is 18.8 Å². The van der Waals surface area contributed by atoms with Crippen molar-refractivity contribution in [2.24, 2.45) is 0 Å². The summed E-state index contributed by atoms with van der Waals surface area (Å²) in [6.07, 6.45) is 0. The zero-order valence-electron chi connectivity index (χ0n) is 4.98. The molecule has 0 saturated heterocycles. The van der Waals surface area contributed by atoms with Gasteiger partial charge in [-0.3, -0.25) is 4.79 Å². The molecule has 0 bridgehead atoms. The number of thiocarbonyl (C=S) groups is 1. The molecule has 1 unspecified atom stereocenters. The number of hydrogen-bond donors (Lipinski definition) is 1. The highest BCUT2D eigenvalue weighted by Gasteiger charge is 1.98. The summed E-state index contributed by atoms with van der Waals surface area (Å²) in [6.45, 7) is 2.06. The standard InChI is InChI=1S/C5H7INOS/c1-4(8)7-2-5(6)3-9/h5H,2H2,1H3,(H,7,8). The molecular formula is C5H7INOS. The largest absolute Gasteiger partial charge is 0.355 e. The second-order valence-corrected chi connectivity index (χ2v) is 3.26. The summed E-state index contributed by atoms with van der Waals surface area (Å²) in [7, 11) is 0. The highest BCUT2D eigenvalue weighted by atomic mass is 127. The van der Waals surface area contributed by atoms with Crippen LogP contribution in [-0.2, 0) is 4.79 Å². The number of rotatable bonds is 3. The second-order valence-electron chi connectivity index (χ2n) is 1.52. The number of nitrogens with one attached hydrogen (secondary N) is 1. The zero-order chi connectivity index (χ0) is 7.28. The molecule has 1 N–H and O–H groups in total. The van der Waals surface area contributed by atoms with Crippen molar-refractivity contribution in [2.75, 3.05) is 6.54 Å². The summed E-state index contributed by atoms with van der Waals surface area (Å²) in [5.74, 6) is -0.0260. The number of halogens is 1. The fourth-order valence-corrected chi connectivity index (χ4v) is 0.579. The first-order chi connectivity index (χ1) is 4.16. The molecule has 0 aliphatic rings. The fourth-order valence-electron chi connectivity index (χ4n) is 0.275. The summed E-state index contributed by atoms with van der Waals surface area (Å²) in [6, 6.07) is 0. The van der Waals surface area contributed by atoms with E-state index in [1.54, 1.807) is 0 Å². The van der Waals surface area contributed by atoms with E-state index < -0.39 is 0 Å². The predicted octanol–water partition coefficient (Wildman–Crippen LogP) is 0.803. The third-order valence-electron chi connectivity index (χ3n) is 0.658. The van der Waals surface area contributed by atoms with E-state index in [2.05, 4.69) is 45.5 Å². The lowest BCUT2D eigenvalue weighted by Gasteiger charge is -2.01. The zero-order valence-corrected chi connectivity index (χ0v) is 7.95. The molecule has 0 spiro atoms. The van der Waals surface area contributed by atoms with Crippen molar-refractivity contribution in [2.45, 2.75) is 10.8 Å². The molecule has 1 radical (unpaired) electrons. The lowest BCUT2D eigenvalue weighted by atomic mass is 10.5. The molecule has 51 valence electrons. The van der Waals surface area contributed by atoms with Gasteiger partial charge >= 0.3 is 0 Å². The average molecular weight is 256 g/mol. The van der Waals surface area contributed by atoms with Crippen molar-refractivity contribution in [3.8, 4) is 0 Å². The van der Waals surface area contributed by atoms with Gasteiger partial charge in [0.1, 0.15) is 0 Å². The van der Waals surface area contributed by atoms with E-state index in [1.807, 2.05) is 0 Å². The van der Waals surface area contributed by atoms with E-state index in [0.717, 1.165) is 0 Å². The summed E-state index contributed by atoms with van der Waals surface area (Å²) < 4.78 is 0.140. The quantitative estimate of drug-likeness (QED) is 0.460. The molecule has 0 fully saturated rings. The van der Waals surface area contributed by atoms with Crippen molar-refractivity contribution < 1.29 is 4.79 Å². The number of carbonyl (C=O) groups excluding carboxylic acids is 1. The Morgan fingerprint density at radius 1 is 2.00 bits per heavy atom. The van der Waals surface area contributed by atoms with Gasteiger partial charge in [-0.05, 0) is 0 Å². The molecule has 0 aromatic heterocycles. The van der Waals surface area contributed by atoms with Crippen molar-refractivity contribution in [1.82, 2.24) is 5.32 Å². The Kier molecular flexibility index (Phi) is 5.27. The SMILES string of the molecule is CC(=O)NCC(I)[C]=S. The van der Waals surface area contributed by atoms with Crippen LogP contribution in [0.1, 0.15) is 6.92 Å². The number of hydrogen-bond acceptors (Lipinski definition) is 2. The van der Waals surface area contributed by atoms with Gasteiger partial charge < -0.3 is 5.32 Å². The summed E-state index contributed by atoms with van der Waals surface area (Å²) in [5, 5.41) is 5.20. The van der Waals surface area contributed by atoms with Gasteiger partial charge in [0.2, 0.25) is 5.91 Å². The molecule has 0 aliphatic heterocycles. The van der Waals surface area contributed by atoms with Crippen molar-refractivity contribution >= 4 is 46.1 Å². The monoisotopic (exact) mass is 256 g/mol. The van der Waals surface area contributed by atoms with Crippen molar-refractivity contribution in [3.05, 3.63) is 0 Å². The molecule has 2 nitrogen and oxygen atoms in total. The molecular weight excluding hydrogens is 249 g/mol. The lowest BCUT2D eigenvalue weighted by Crippen LogP contribution is -2.27. The van der Waals surface area contributed by atoms with E-state index in [-0.39, 0.29) is 9.83 Å². The molecule has 0 saturated carbocycles. The number of alkyl halides is 1. The van der Waals surface area contributed by atoms with Crippen molar-refractivity contribution in [1.29, 1.82) is 0 Å². The molecule has 1 amide bonds. The van der Waals surface area contributed by atoms with Crippen LogP contribution in [0, 0.1) is 0 Å². The molecule has 0 rings (SSSR count). The smallest absolute Gasteiger partial charge is 0.216 e. The maximum absolute atomic E-state index is 10.3.